The van der Waals surface area contributed by atoms with E-state index in [1.807, 2.05) is 19.1 Å². The van der Waals surface area contributed by atoms with Crippen LogP contribution in [0, 0.1) is 6.92 Å². The molecule has 0 radical (unpaired) electrons. The highest BCUT2D eigenvalue weighted by Gasteiger charge is 2.11. The molecule has 0 aliphatic heterocycles. The molecule has 0 saturated heterocycles. The third-order valence-corrected chi connectivity index (χ3v) is 5.80. The summed E-state index contributed by atoms with van der Waals surface area (Å²) in [5.41, 5.74) is 7.25. The van der Waals surface area contributed by atoms with Gasteiger partial charge in [-0.15, -0.1) is 0 Å². The second-order valence-electron chi connectivity index (χ2n) is 7.22. The van der Waals surface area contributed by atoms with Gasteiger partial charge in [0.2, 0.25) is 0 Å². The number of thiocarbonyl (C=S) groups is 1. The number of nitrogens with one attached hydrogen (secondary N) is 4. The molecule has 0 aromatic heterocycles. The van der Waals surface area contributed by atoms with Crippen molar-refractivity contribution < 1.29 is 19.1 Å². The smallest absolute Gasteiger partial charge is 0.269 e. The molecular weight excluding hydrogens is 600 g/mol. The van der Waals surface area contributed by atoms with Crippen molar-refractivity contribution in [1.29, 1.82) is 0 Å². The van der Waals surface area contributed by atoms with E-state index in [-0.39, 0.29) is 17.6 Å². The van der Waals surface area contributed by atoms with E-state index in [0.29, 0.717) is 27.0 Å². The Morgan fingerprint density at radius 1 is 0.886 bits per heavy atom. The highest BCUT2D eigenvalue weighted by molar-refractivity contribution is 9.11. The van der Waals surface area contributed by atoms with Crippen LogP contribution in [-0.2, 0) is 4.79 Å². The van der Waals surface area contributed by atoms with Gasteiger partial charge >= 0.3 is 0 Å². The average molecular weight is 620 g/mol. The number of aryl methyl sites for hydroxylation is 1. The van der Waals surface area contributed by atoms with Crippen LogP contribution in [0.25, 0.3) is 0 Å². The van der Waals surface area contributed by atoms with Crippen molar-refractivity contribution in [3.8, 4) is 5.75 Å². The van der Waals surface area contributed by atoms with Crippen molar-refractivity contribution >= 4 is 72.6 Å². The topological polar surface area (TPSA) is 109 Å². The summed E-state index contributed by atoms with van der Waals surface area (Å²) < 4.78 is 6.99. The molecule has 0 spiro atoms. The number of carbonyl (C=O) groups is 3. The van der Waals surface area contributed by atoms with Crippen LogP contribution in [0.3, 0.4) is 0 Å². The molecule has 0 aliphatic rings. The van der Waals surface area contributed by atoms with Gasteiger partial charge in [0.1, 0.15) is 5.75 Å². The third-order valence-electron chi connectivity index (χ3n) is 4.48. The van der Waals surface area contributed by atoms with E-state index in [1.165, 1.54) is 0 Å². The van der Waals surface area contributed by atoms with Crippen LogP contribution in [0.1, 0.15) is 26.3 Å². The van der Waals surface area contributed by atoms with E-state index < -0.39 is 11.8 Å². The van der Waals surface area contributed by atoms with E-state index in [9.17, 15) is 14.4 Å². The monoisotopic (exact) mass is 618 g/mol. The normalized spacial score (nSPS) is 10.1. The van der Waals surface area contributed by atoms with Gasteiger partial charge in [0.15, 0.2) is 11.7 Å². The summed E-state index contributed by atoms with van der Waals surface area (Å²) in [7, 11) is 0. The molecule has 180 valence electrons. The second kappa shape index (κ2) is 12.4. The number of benzene rings is 3. The Hall–Kier alpha value is -3.28. The van der Waals surface area contributed by atoms with Crippen LogP contribution < -0.4 is 26.2 Å². The van der Waals surface area contributed by atoms with Crippen LogP contribution in [0.2, 0.25) is 0 Å². The quantitative estimate of drug-likeness (QED) is 0.239. The molecule has 0 heterocycles. The van der Waals surface area contributed by atoms with Gasteiger partial charge < -0.3 is 10.1 Å². The summed E-state index contributed by atoms with van der Waals surface area (Å²) in [6.07, 6.45) is 0. The summed E-state index contributed by atoms with van der Waals surface area (Å²) in [4.78, 5) is 36.7. The minimum Gasteiger partial charge on any atom is -0.483 e. The average Bonchev–Trinajstić information content (AvgIpc) is 2.82. The van der Waals surface area contributed by atoms with E-state index >= 15 is 0 Å². The lowest BCUT2D eigenvalue weighted by atomic mass is 10.1. The molecule has 4 N–H and O–H groups in total. The molecule has 0 saturated carbocycles. The maximum Gasteiger partial charge on any atom is 0.269 e. The van der Waals surface area contributed by atoms with Gasteiger partial charge in [-0.3, -0.25) is 30.6 Å². The Morgan fingerprint density at radius 3 is 2.31 bits per heavy atom. The van der Waals surface area contributed by atoms with Crippen molar-refractivity contribution in [2.75, 3.05) is 11.9 Å². The number of halogens is 2. The minimum absolute atomic E-state index is 0.0936. The van der Waals surface area contributed by atoms with Crippen LogP contribution in [-0.4, -0.2) is 29.4 Å². The number of carbonyl (C=O) groups excluding carboxylic acids is 3. The van der Waals surface area contributed by atoms with Crippen molar-refractivity contribution in [3.05, 3.63) is 92.4 Å². The van der Waals surface area contributed by atoms with E-state index in [1.54, 1.807) is 54.6 Å². The maximum atomic E-state index is 12.3. The van der Waals surface area contributed by atoms with E-state index in [4.69, 9.17) is 17.0 Å². The Balaban J connectivity index is 1.43. The lowest BCUT2D eigenvalue weighted by Crippen LogP contribution is -2.49. The Bertz CT molecular complexity index is 1270. The van der Waals surface area contributed by atoms with Crippen LogP contribution >= 0.6 is 44.1 Å². The van der Waals surface area contributed by atoms with Gasteiger partial charge in [-0.1, -0.05) is 33.6 Å². The molecule has 3 aromatic rings. The third kappa shape index (κ3) is 8.16. The van der Waals surface area contributed by atoms with E-state index in [2.05, 4.69) is 53.3 Å². The van der Waals surface area contributed by atoms with Gasteiger partial charge in [0.25, 0.3) is 17.7 Å². The lowest BCUT2D eigenvalue weighted by molar-refractivity contribution is -0.121. The molecule has 0 bridgehead atoms. The number of hydrogen-bond donors (Lipinski definition) is 4. The van der Waals surface area contributed by atoms with Gasteiger partial charge in [-0.25, -0.2) is 0 Å². The fourth-order valence-electron chi connectivity index (χ4n) is 2.81. The maximum absolute atomic E-state index is 12.3. The lowest BCUT2D eigenvalue weighted by Gasteiger charge is -2.12. The highest BCUT2D eigenvalue weighted by atomic mass is 79.9. The Labute approximate surface area is 224 Å². The number of anilines is 1. The first-order valence-corrected chi connectivity index (χ1v) is 12.2. The minimum atomic E-state index is -0.500. The van der Waals surface area contributed by atoms with Crippen LogP contribution in [0.5, 0.6) is 5.75 Å². The molecule has 3 amide bonds. The molecule has 35 heavy (non-hydrogen) atoms. The zero-order valence-corrected chi connectivity index (χ0v) is 22.3. The number of rotatable bonds is 6. The summed E-state index contributed by atoms with van der Waals surface area (Å²) in [6, 6.07) is 18.8. The summed E-state index contributed by atoms with van der Waals surface area (Å²) >= 11 is 11.7. The fourth-order valence-corrected chi connectivity index (χ4v) is 4.14. The Morgan fingerprint density at radius 2 is 1.63 bits per heavy atom. The molecule has 0 atom stereocenters. The highest BCUT2D eigenvalue weighted by Crippen LogP contribution is 2.28. The molecule has 3 rings (SSSR count). The predicted molar refractivity (Wildman–Crippen MR) is 144 cm³/mol. The first-order valence-electron chi connectivity index (χ1n) is 10.2. The number of ether oxygens (including phenoxy) is 1. The second-order valence-corrected chi connectivity index (χ2v) is 9.40. The number of hydrazine groups is 1. The predicted octanol–water partition coefficient (Wildman–Crippen LogP) is 4.49. The van der Waals surface area contributed by atoms with Crippen molar-refractivity contribution in [2.45, 2.75) is 6.92 Å². The molecule has 0 aliphatic carbocycles. The van der Waals surface area contributed by atoms with Crippen molar-refractivity contribution in [1.82, 2.24) is 16.2 Å². The zero-order chi connectivity index (χ0) is 25.4. The standard InChI is InChI=1S/C24H20Br2N4O4S/c1-14-3-2-4-16(11-14)22(32)27-18-8-5-15(6-9-18)23(33)29-30-24(35)28-21(31)13-34-20-10-7-17(25)12-19(20)26/h2-12H,13H2,1H3,(H,27,32)(H,29,33)(H2,28,30,31,35). The molecule has 8 nitrogen and oxygen atoms in total. The van der Waals surface area contributed by atoms with Crippen LogP contribution in [0.15, 0.2) is 75.7 Å². The first kappa shape index (κ1) is 26.3. The molecule has 0 fully saturated rings. The van der Waals surface area contributed by atoms with E-state index in [0.717, 1.165) is 10.0 Å². The van der Waals surface area contributed by atoms with Crippen molar-refractivity contribution in [3.63, 3.8) is 0 Å². The largest absolute Gasteiger partial charge is 0.483 e. The van der Waals surface area contributed by atoms with Gasteiger partial charge in [0.05, 0.1) is 4.47 Å². The zero-order valence-electron chi connectivity index (χ0n) is 18.4. The van der Waals surface area contributed by atoms with Crippen LogP contribution in [0.4, 0.5) is 5.69 Å². The van der Waals surface area contributed by atoms with Gasteiger partial charge in [-0.2, -0.15) is 0 Å². The number of amides is 3. The fraction of sp³-hybridized carbons (Fsp3) is 0.0833. The Kier molecular flexibility index (Phi) is 9.35. The molecule has 0 unspecified atom stereocenters. The summed E-state index contributed by atoms with van der Waals surface area (Å²) in [6.45, 7) is 1.64. The van der Waals surface area contributed by atoms with Gasteiger partial charge in [0, 0.05) is 21.3 Å². The summed E-state index contributed by atoms with van der Waals surface area (Å²) in [5, 5.41) is 5.10. The van der Waals surface area contributed by atoms with Gasteiger partial charge in [-0.05, 0) is 89.7 Å². The van der Waals surface area contributed by atoms with Crippen molar-refractivity contribution in [2.24, 2.45) is 0 Å². The number of hydrogen-bond acceptors (Lipinski definition) is 5. The molecular formula is C24H20Br2N4O4S. The first-order chi connectivity index (χ1) is 16.7. The summed E-state index contributed by atoms with van der Waals surface area (Å²) in [5.74, 6) is -0.729. The molecule has 3 aromatic carbocycles. The molecule has 11 heteroatoms. The SMILES string of the molecule is Cc1cccc(C(=O)Nc2ccc(C(=O)NNC(=S)NC(=O)COc3ccc(Br)cc3Br)cc2)c1.